The summed E-state index contributed by atoms with van der Waals surface area (Å²) in [4.78, 5) is 27.8. The Kier molecular flexibility index (Phi) is 9.31. The van der Waals surface area contributed by atoms with Crippen LogP contribution < -0.4 is 10.6 Å². The number of hydrogen-bond acceptors (Lipinski definition) is 3. The molecule has 36 heavy (non-hydrogen) atoms. The topological polar surface area (TPSA) is 79.3 Å². The Labute approximate surface area is 222 Å². The second-order valence-corrected chi connectivity index (χ2v) is 10.9. The third kappa shape index (κ3) is 7.68. The summed E-state index contributed by atoms with van der Waals surface area (Å²) in [6.07, 6.45) is 2.83. The molecular formula is C28H36BrN5O2. The van der Waals surface area contributed by atoms with Crippen LogP contribution in [0.25, 0.3) is 5.69 Å². The Bertz CT molecular complexity index is 1200. The van der Waals surface area contributed by atoms with Crippen molar-refractivity contribution in [2.75, 3.05) is 23.7 Å². The molecule has 3 rings (SSSR count). The van der Waals surface area contributed by atoms with E-state index in [0.717, 1.165) is 40.7 Å². The molecule has 3 aromatic rings. The number of hydrogen-bond donors (Lipinski definition) is 2. The molecule has 0 aliphatic carbocycles. The fraction of sp³-hybridized carbons (Fsp3) is 0.393. The van der Waals surface area contributed by atoms with Crippen molar-refractivity contribution in [2.24, 2.45) is 0 Å². The number of carbonyl (C=O) groups excluding carboxylic acids is 2. The van der Waals surface area contributed by atoms with E-state index in [9.17, 15) is 9.59 Å². The zero-order valence-corrected chi connectivity index (χ0v) is 23.4. The molecule has 0 saturated heterocycles. The average Bonchev–Trinajstić information content (AvgIpc) is 3.23. The Balaban J connectivity index is 1.81. The maximum atomic E-state index is 13.2. The van der Waals surface area contributed by atoms with Gasteiger partial charge in [-0.05, 0) is 49.2 Å². The molecule has 2 aromatic carbocycles. The number of aromatic nitrogens is 2. The van der Waals surface area contributed by atoms with Crippen LogP contribution in [-0.2, 0) is 10.2 Å². The summed E-state index contributed by atoms with van der Waals surface area (Å²) in [5.74, 6) is 0.307. The van der Waals surface area contributed by atoms with Gasteiger partial charge in [-0.15, -0.1) is 0 Å². The van der Waals surface area contributed by atoms with E-state index in [1.54, 1.807) is 9.58 Å². The number of carbonyl (C=O) groups is 2. The van der Waals surface area contributed by atoms with Crippen molar-refractivity contribution in [1.29, 1.82) is 0 Å². The van der Waals surface area contributed by atoms with Crippen molar-refractivity contribution in [3.05, 3.63) is 70.3 Å². The molecule has 192 valence electrons. The lowest BCUT2D eigenvalue weighted by Crippen LogP contribution is -2.41. The van der Waals surface area contributed by atoms with Crippen LogP contribution in [-0.4, -0.2) is 39.7 Å². The molecule has 0 unspecified atom stereocenters. The monoisotopic (exact) mass is 553 g/mol. The van der Waals surface area contributed by atoms with Gasteiger partial charge in [0, 0.05) is 28.2 Å². The Morgan fingerprint density at radius 2 is 1.78 bits per heavy atom. The summed E-state index contributed by atoms with van der Waals surface area (Å²) in [6.45, 7) is 10.8. The smallest absolute Gasteiger partial charge is 0.315 e. The van der Waals surface area contributed by atoms with Crippen LogP contribution >= 0.6 is 15.9 Å². The second kappa shape index (κ2) is 12.2. The molecule has 0 spiro atoms. The number of halogens is 1. The van der Waals surface area contributed by atoms with Gasteiger partial charge in [-0.25, -0.2) is 9.48 Å². The number of aryl methyl sites for hydroxylation is 1. The maximum Gasteiger partial charge on any atom is 0.322 e. The van der Waals surface area contributed by atoms with Crippen molar-refractivity contribution >= 4 is 39.4 Å². The van der Waals surface area contributed by atoms with Gasteiger partial charge in [0.2, 0.25) is 5.91 Å². The first-order chi connectivity index (χ1) is 17.1. The third-order valence-corrected chi connectivity index (χ3v) is 6.21. The lowest BCUT2D eigenvalue weighted by Gasteiger charge is -2.23. The van der Waals surface area contributed by atoms with Crippen LogP contribution in [0.15, 0.2) is 59.1 Å². The van der Waals surface area contributed by atoms with E-state index in [1.807, 2.05) is 61.5 Å². The lowest BCUT2D eigenvalue weighted by molar-refractivity contribution is -0.116. The Morgan fingerprint density at radius 3 is 2.44 bits per heavy atom. The number of anilines is 2. The van der Waals surface area contributed by atoms with E-state index < -0.39 is 0 Å². The number of nitrogens with zero attached hydrogens (tertiary/aromatic N) is 3. The molecule has 7 nitrogen and oxygen atoms in total. The Hall–Kier alpha value is -3.13. The SMILES string of the molecule is CCCCCN(CC(=O)Nc1cc(C(C)(C)C)nn1-c1cccc(C)c1)C(=O)Nc1cccc(Br)c1. The van der Waals surface area contributed by atoms with E-state index in [4.69, 9.17) is 5.10 Å². The second-order valence-electron chi connectivity index (χ2n) is 10.0. The molecule has 0 radical (unpaired) electrons. The standard InChI is InChI=1S/C28H36BrN5O2/c1-6-7-8-15-33(27(36)30-22-13-10-12-21(29)17-22)19-26(35)31-25-18-24(28(3,4)5)32-34(25)23-14-9-11-20(2)16-23/h9-14,16-18H,6-8,15,19H2,1-5H3,(H,30,36)(H,31,35). The van der Waals surface area contributed by atoms with Crippen molar-refractivity contribution in [3.8, 4) is 5.69 Å². The summed E-state index contributed by atoms with van der Waals surface area (Å²) in [6, 6.07) is 17.0. The average molecular weight is 555 g/mol. The summed E-state index contributed by atoms with van der Waals surface area (Å²) < 4.78 is 2.63. The molecule has 0 aliphatic rings. The van der Waals surface area contributed by atoms with Gasteiger partial charge in [-0.1, -0.05) is 74.7 Å². The fourth-order valence-electron chi connectivity index (χ4n) is 3.72. The molecule has 0 fully saturated rings. The van der Waals surface area contributed by atoms with E-state index >= 15 is 0 Å². The third-order valence-electron chi connectivity index (χ3n) is 5.72. The molecule has 0 aliphatic heterocycles. The molecule has 0 atom stereocenters. The van der Waals surface area contributed by atoms with E-state index in [0.29, 0.717) is 18.1 Å². The summed E-state index contributed by atoms with van der Waals surface area (Å²) in [5, 5.41) is 10.7. The largest absolute Gasteiger partial charge is 0.322 e. The minimum atomic E-state index is -0.304. The van der Waals surface area contributed by atoms with Crippen molar-refractivity contribution < 1.29 is 9.59 Å². The zero-order valence-electron chi connectivity index (χ0n) is 21.8. The predicted octanol–water partition coefficient (Wildman–Crippen LogP) is 6.90. The molecule has 2 N–H and O–H groups in total. The molecule has 1 heterocycles. The van der Waals surface area contributed by atoms with Gasteiger partial charge in [-0.2, -0.15) is 5.10 Å². The van der Waals surface area contributed by atoms with Crippen molar-refractivity contribution in [3.63, 3.8) is 0 Å². The molecular weight excluding hydrogens is 518 g/mol. The van der Waals surface area contributed by atoms with Crippen LogP contribution in [0.1, 0.15) is 58.2 Å². The van der Waals surface area contributed by atoms with Crippen molar-refractivity contribution in [1.82, 2.24) is 14.7 Å². The van der Waals surface area contributed by atoms with Gasteiger partial charge >= 0.3 is 6.03 Å². The van der Waals surface area contributed by atoms with Crippen LogP contribution in [0.2, 0.25) is 0 Å². The highest BCUT2D eigenvalue weighted by atomic mass is 79.9. The molecule has 3 amide bonds. The summed E-state index contributed by atoms with van der Waals surface area (Å²) in [7, 11) is 0. The van der Waals surface area contributed by atoms with Gasteiger partial charge in [0.05, 0.1) is 11.4 Å². The van der Waals surface area contributed by atoms with E-state index in [2.05, 4.69) is 54.3 Å². The first-order valence-corrected chi connectivity index (χ1v) is 13.1. The van der Waals surface area contributed by atoms with Crippen LogP contribution in [0.3, 0.4) is 0 Å². The van der Waals surface area contributed by atoms with Crippen LogP contribution in [0, 0.1) is 6.92 Å². The number of rotatable bonds is 9. The molecule has 0 saturated carbocycles. The quantitative estimate of drug-likeness (QED) is 0.282. The van der Waals surface area contributed by atoms with Crippen LogP contribution in [0.5, 0.6) is 0 Å². The highest BCUT2D eigenvalue weighted by Crippen LogP contribution is 2.26. The number of nitrogens with one attached hydrogen (secondary N) is 2. The van der Waals surface area contributed by atoms with Crippen LogP contribution in [0.4, 0.5) is 16.3 Å². The highest BCUT2D eigenvalue weighted by molar-refractivity contribution is 9.10. The van der Waals surface area contributed by atoms with Gasteiger partial charge < -0.3 is 15.5 Å². The predicted molar refractivity (Wildman–Crippen MR) is 150 cm³/mol. The minimum Gasteiger partial charge on any atom is -0.315 e. The number of unbranched alkanes of at least 4 members (excludes halogenated alkanes) is 2. The number of amides is 3. The number of urea groups is 1. The van der Waals surface area contributed by atoms with E-state index in [1.165, 1.54) is 0 Å². The first-order valence-electron chi connectivity index (χ1n) is 12.4. The summed E-state index contributed by atoms with van der Waals surface area (Å²) >= 11 is 3.43. The molecule has 1 aromatic heterocycles. The summed E-state index contributed by atoms with van der Waals surface area (Å²) in [5.41, 5.74) is 3.32. The van der Waals surface area contributed by atoms with Gasteiger partial charge in [0.1, 0.15) is 12.4 Å². The normalized spacial score (nSPS) is 11.3. The van der Waals surface area contributed by atoms with E-state index in [-0.39, 0.29) is 23.9 Å². The maximum absolute atomic E-state index is 13.2. The van der Waals surface area contributed by atoms with Gasteiger partial charge in [0.25, 0.3) is 0 Å². The lowest BCUT2D eigenvalue weighted by atomic mass is 9.92. The molecule has 8 heteroatoms. The highest BCUT2D eigenvalue weighted by Gasteiger charge is 2.23. The first kappa shape index (κ1) is 27.5. The fourth-order valence-corrected chi connectivity index (χ4v) is 4.12. The van der Waals surface area contributed by atoms with Crippen molar-refractivity contribution in [2.45, 2.75) is 59.3 Å². The zero-order chi connectivity index (χ0) is 26.3. The molecule has 0 bridgehead atoms. The minimum absolute atomic E-state index is 0.0621. The number of benzene rings is 2. The van der Waals surface area contributed by atoms with Gasteiger partial charge in [-0.3, -0.25) is 4.79 Å². The van der Waals surface area contributed by atoms with Gasteiger partial charge in [0.15, 0.2) is 0 Å². The Morgan fingerprint density at radius 1 is 1.03 bits per heavy atom.